The van der Waals surface area contributed by atoms with Gasteiger partial charge in [0, 0.05) is 28.2 Å². The van der Waals surface area contributed by atoms with E-state index in [1.54, 1.807) is 24.3 Å². The van der Waals surface area contributed by atoms with Crippen molar-refractivity contribution in [1.82, 2.24) is 9.97 Å². The molecule has 5 N–H and O–H groups in total. The van der Waals surface area contributed by atoms with Crippen molar-refractivity contribution in [2.45, 2.75) is 13.8 Å². The van der Waals surface area contributed by atoms with Crippen molar-refractivity contribution < 1.29 is 9.59 Å². The van der Waals surface area contributed by atoms with Crippen molar-refractivity contribution in [2.75, 3.05) is 10.6 Å². The van der Waals surface area contributed by atoms with Crippen LogP contribution in [0.5, 0.6) is 0 Å². The number of imidazole rings is 1. The fraction of sp³-hybridized carbons (Fsp3) is 0.105. The fourth-order valence-electron chi connectivity index (χ4n) is 2.48. The van der Waals surface area contributed by atoms with E-state index in [9.17, 15) is 9.59 Å². The first-order chi connectivity index (χ1) is 12.4. The number of hydrogen-bond acceptors (Lipinski definition) is 3. The molecule has 3 aromatic rings. The number of benzene rings is 2. The van der Waals surface area contributed by atoms with Crippen LogP contribution >= 0.6 is 0 Å². The molecule has 0 aliphatic heterocycles. The maximum Gasteiger partial charge on any atom is 0.316 e. The summed E-state index contributed by atoms with van der Waals surface area (Å²) >= 11 is 0. The summed E-state index contributed by atoms with van der Waals surface area (Å²) in [5, 5.41) is 5.31. The lowest BCUT2D eigenvalue weighted by atomic mass is 10.1. The van der Waals surface area contributed by atoms with Crippen LogP contribution in [0.15, 0.2) is 48.5 Å². The minimum absolute atomic E-state index is 0.250. The fourth-order valence-corrected chi connectivity index (χ4v) is 2.48. The van der Waals surface area contributed by atoms with Crippen LogP contribution in [0.25, 0.3) is 11.4 Å². The second-order valence-corrected chi connectivity index (χ2v) is 5.90. The van der Waals surface area contributed by atoms with Gasteiger partial charge in [0.1, 0.15) is 5.82 Å². The first-order valence-corrected chi connectivity index (χ1v) is 8.04. The summed E-state index contributed by atoms with van der Waals surface area (Å²) in [6, 6.07) is 13.3. The first-order valence-electron chi connectivity index (χ1n) is 8.04. The molecule has 0 aliphatic rings. The number of rotatable bonds is 4. The molecule has 2 aromatic carbocycles. The Balaban J connectivity index is 1.75. The molecule has 1 heterocycles. The number of H-pyrrole nitrogens is 1. The molecule has 0 saturated heterocycles. The second kappa shape index (κ2) is 7.10. The lowest BCUT2D eigenvalue weighted by molar-refractivity contribution is 0.102. The predicted molar refractivity (Wildman–Crippen MR) is 101 cm³/mol. The highest BCUT2D eigenvalue weighted by Gasteiger charge is 2.09. The second-order valence-electron chi connectivity index (χ2n) is 5.90. The lowest BCUT2D eigenvalue weighted by Crippen LogP contribution is -2.19. The molecule has 3 amide bonds. The molecule has 0 unspecified atom stereocenters. The third-order valence-electron chi connectivity index (χ3n) is 3.94. The normalized spacial score (nSPS) is 10.4. The third-order valence-corrected chi connectivity index (χ3v) is 3.94. The van der Waals surface area contributed by atoms with Gasteiger partial charge in [0.05, 0.1) is 5.69 Å². The van der Waals surface area contributed by atoms with Crippen molar-refractivity contribution >= 4 is 23.3 Å². The third kappa shape index (κ3) is 3.89. The average Bonchev–Trinajstić information content (AvgIpc) is 2.94. The van der Waals surface area contributed by atoms with E-state index in [2.05, 4.69) is 20.6 Å². The van der Waals surface area contributed by atoms with Gasteiger partial charge in [0.2, 0.25) is 0 Å². The number of hydrogen-bond donors (Lipinski definition) is 4. The molecule has 0 bridgehead atoms. The van der Waals surface area contributed by atoms with Crippen LogP contribution < -0.4 is 16.4 Å². The summed E-state index contributed by atoms with van der Waals surface area (Å²) in [5.74, 6) is 0.512. The first kappa shape index (κ1) is 17.2. The Bertz CT molecular complexity index is 941. The molecular formula is C19H19N5O2. The Kier molecular flexibility index (Phi) is 4.70. The number of anilines is 2. The summed E-state index contributed by atoms with van der Waals surface area (Å²) in [6.45, 7) is 3.91. The van der Waals surface area contributed by atoms with Gasteiger partial charge in [0.15, 0.2) is 0 Å². The SMILES string of the molecule is Cc1nc(-c2cccc(NC(=O)c3ccc(NC(N)=O)cc3)c2)[nH]c1C. The molecular weight excluding hydrogens is 330 g/mol. The molecule has 0 saturated carbocycles. The highest BCUT2D eigenvalue weighted by atomic mass is 16.2. The van der Waals surface area contributed by atoms with E-state index in [1.165, 1.54) is 0 Å². The van der Waals surface area contributed by atoms with E-state index in [4.69, 9.17) is 5.73 Å². The molecule has 1 aromatic heterocycles. The van der Waals surface area contributed by atoms with Gasteiger partial charge in [-0.1, -0.05) is 12.1 Å². The zero-order valence-electron chi connectivity index (χ0n) is 14.5. The maximum absolute atomic E-state index is 12.4. The van der Waals surface area contributed by atoms with E-state index in [1.807, 2.05) is 38.1 Å². The molecule has 0 fully saturated rings. The Morgan fingerprint density at radius 1 is 1.00 bits per heavy atom. The Labute approximate surface area is 150 Å². The standard InChI is InChI=1S/C19H19N5O2/c1-11-12(2)22-17(21-11)14-4-3-5-16(10-14)23-18(25)13-6-8-15(9-7-13)24-19(20)26/h3-10H,1-2H3,(H,21,22)(H,23,25)(H3,20,24,26). The number of aryl methyl sites for hydroxylation is 2. The lowest BCUT2D eigenvalue weighted by Gasteiger charge is -2.08. The number of carbonyl (C=O) groups excluding carboxylic acids is 2. The summed E-state index contributed by atoms with van der Waals surface area (Å²) in [4.78, 5) is 30.9. The van der Waals surface area contributed by atoms with E-state index in [0.717, 1.165) is 22.8 Å². The maximum atomic E-state index is 12.4. The zero-order chi connectivity index (χ0) is 18.7. The number of nitrogens with zero attached hydrogens (tertiary/aromatic N) is 1. The molecule has 132 valence electrons. The quantitative estimate of drug-likeness (QED) is 0.578. The average molecular weight is 349 g/mol. The van der Waals surface area contributed by atoms with Crippen LogP contribution in [-0.2, 0) is 0 Å². The number of amides is 3. The van der Waals surface area contributed by atoms with Gasteiger partial charge >= 0.3 is 6.03 Å². The Hall–Kier alpha value is -3.61. The van der Waals surface area contributed by atoms with Gasteiger partial charge in [-0.3, -0.25) is 4.79 Å². The summed E-state index contributed by atoms with van der Waals surface area (Å²) < 4.78 is 0. The van der Waals surface area contributed by atoms with Crippen LogP contribution in [0, 0.1) is 13.8 Å². The van der Waals surface area contributed by atoms with E-state index >= 15 is 0 Å². The molecule has 0 atom stereocenters. The molecule has 0 radical (unpaired) electrons. The van der Waals surface area contributed by atoms with Gasteiger partial charge in [-0.2, -0.15) is 0 Å². The van der Waals surface area contributed by atoms with E-state index in [0.29, 0.717) is 16.9 Å². The van der Waals surface area contributed by atoms with Crippen molar-refractivity contribution in [1.29, 1.82) is 0 Å². The highest BCUT2D eigenvalue weighted by Crippen LogP contribution is 2.22. The minimum Gasteiger partial charge on any atom is -0.351 e. The van der Waals surface area contributed by atoms with Crippen molar-refractivity contribution in [3.63, 3.8) is 0 Å². The number of nitrogens with two attached hydrogens (primary N) is 1. The zero-order valence-corrected chi connectivity index (χ0v) is 14.5. The van der Waals surface area contributed by atoms with Crippen molar-refractivity contribution in [3.05, 3.63) is 65.5 Å². The van der Waals surface area contributed by atoms with Gasteiger partial charge in [-0.25, -0.2) is 9.78 Å². The topological polar surface area (TPSA) is 113 Å². The van der Waals surface area contributed by atoms with Crippen LogP contribution in [0.2, 0.25) is 0 Å². The summed E-state index contributed by atoms with van der Waals surface area (Å²) in [5.41, 5.74) is 9.57. The molecule has 26 heavy (non-hydrogen) atoms. The largest absolute Gasteiger partial charge is 0.351 e. The molecule has 0 spiro atoms. The summed E-state index contributed by atoms with van der Waals surface area (Å²) in [6.07, 6.45) is 0. The van der Waals surface area contributed by atoms with Gasteiger partial charge < -0.3 is 21.4 Å². The van der Waals surface area contributed by atoms with Gasteiger partial charge in [0.25, 0.3) is 5.91 Å². The van der Waals surface area contributed by atoms with Crippen LogP contribution in [0.1, 0.15) is 21.7 Å². The molecule has 7 nitrogen and oxygen atoms in total. The molecule has 3 rings (SSSR count). The van der Waals surface area contributed by atoms with Crippen molar-refractivity contribution in [3.8, 4) is 11.4 Å². The van der Waals surface area contributed by atoms with E-state index in [-0.39, 0.29) is 5.91 Å². The highest BCUT2D eigenvalue weighted by molar-refractivity contribution is 6.04. The van der Waals surface area contributed by atoms with Crippen LogP contribution in [0.4, 0.5) is 16.2 Å². The Morgan fingerprint density at radius 3 is 2.35 bits per heavy atom. The Morgan fingerprint density at radius 2 is 1.73 bits per heavy atom. The minimum atomic E-state index is -0.651. The number of nitrogens with one attached hydrogen (secondary N) is 3. The molecule has 0 aliphatic carbocycles. The smallest absolute Gasteiger partial charge is 0.316 e. The van der Waals surface area contributed by atoms with Crippen molar-refractivity contribution in [2.24, 2.45) is 5.73 Å². The van der Waals surface area contributed by atoms with Gasteiger partial charge in [-0.05, 0) is 50.2 Å². The monoisotopic (exact) mass is 349 g/mol. The van der Waals surface area contributed by atoms with Crippen LogP contribution in [0.3, 0.4) is 0 Å². The van der Waals surface area contributed by atoms with Gasteiger partial charge in [-0.15, -0.1) is 0 Å². The summed E-state index contributed by atoms with van der Waals surface area (Å²) in [7, 11) is 0. The van der Waals surface area contributed by atoms with Crippen LogP contribution in [-0.4, -0.2) is 21.9 Å². The molecule has 7 heteroatoms. The van der Waals surface area contributed by atoms with E-state index < -0.39 is 6.03 Å². The number of aromatic nitrogens is 2. The number of primary amides is 1. The predicted octanol–water partition coefficient (Wildman–Crippen LogP) is 3.44. The number of aromatic amines is 1. The number of carbonyl (C=O) groups is 2. The number of urea groups is 1.